The molecule has 14 nitrogen and oxygen atoms in total. The summed E-state index contributed by atoms with van der Waals surface area (Å²) >= 11 is 0. The van der Waals surface area contributed by atoms with Gasteiger partial charge in [-0.2, -0.15) is 0 Å². The van der Waals surface area contributed by atoms with E-state index in [9.17, 15) is 33.6 Å². The predicted molar refractivity (Wildman–Crippen MR) is 135 cm³/mol. The van der Waals surface area contributed by atoms with Crippen molar-refractivity contribution >= 4 is 41.8 Å². The normalized spacial score (nSPS) is 14.2. The molecule has 0 unspecified atom stereocenters. The highest BCUT2D eigenvalue weighted by Gasteiger charge is 2.42. The van der Waals surface area contributed by atoms with Crippen molar-refractivity contribution in [2.45, 2.75) is 97.3 Å². The molecule has 0 aromatic heterocycles. The maximum absolute atomic E-state index is 13.3. The van der Waals surface area contributed by atoms with Gasteiger partial charge in [-0.3, -0.25) is 28.9 Å². The number of aliphatic carboxylic acids is 1. The van der Waals surface area contributed by atoms with Gasteiger partial charge in [0.25, 0.3) is 23.6 Å². The Hall–Kier alpha value is -3.81. The van der Waals surface area contributed by atoms with Crippen LogP contribution in [0.15, 0.2) is 12.2 Å². The van der Waals surface area contributed by atoms with Crippen molar-refractivity contribution in [2.24, 2.45) is 5.73 Å². The quantitative estimate of drug-likeness (QED) is 0.228. The largest absolute Gasteiger partial charge is 0.481 e. The number of hydrogen-bond donors (Lipinski definition) is 2. The van der Waals surface area contributed by atoms with Crippen molar-refractivity contribution < 1.29 is 48.1 Å². The van der Waals surface area contributed by atoms with E-state index in [-0.39, 0.29) is 35.8 Å². The fourth-order valence-corrected chi connectivity index (χ4v) is 3.22. The van der Waals surface area contributed by atoms with E-state index < -0.39 is 65.4 Å². The molecule has 218 valence electrons. The van der Waals surface area contributed by atoms with Crippen LogP contribution in [-0.2, 0) is 33.4 Å². The summed E-state index contributed by atoms with van der Waals surface area (Å²) in [5, 5.41) is 9.32. The zero-order valence-corrected chi connectivity index (χ0v) is 23.2. The van der Waals surface area contributed by atoms with Gasteiger partial charge in [0.1, 0.15) is 11.2 Å². The number of ether oxygens (including phenoxy) is 2. The number of imide groups is 3. The van der Waals surface area contributed by atoms with Crippen molar-refractivity contribution in [3.05, 3.63) is 12.2 Å². The Morgan fingerprint density at radius 3 is 1.79 bits per heavy atom. The first-order valence-corrected chi connectivity index (χ1v) is 12.5. The van der Waals surface area contributed by atoms with Crippen molar-refractivity contribution in [1.82, 2.24) is 14.9 Å². The number of rotatable bonds is 10. The van der Waals surface area contributed by atoms with Crippen LogP contribution in [-0.4, -0.2) is 85.6 Å². The molecule has 0 aromatic rings. The minimum Gasteiger partial charge on any atom is -0.481 e. The van der Waals surface area contributed by atoms with Crippen LogP contribution in [0.4, 0.5) is 9.59 Å². The van der Waals surface area contributed by atoms with E-state index in [4.69, 9.17) is 20.3 Å². The Morgan fingerprint density at radius 2 is 1.33 bits per heavy atom. The third kappa shape index (κ3) is 11.2. The number of amides is 6. The number of carbonyl (C=O) groups excluding carboxylic acids is 6. The molecule has 1 aliphatic rings. The molecule has 1 heterocycles. The first-order chi connectivity index (χ1) is 17.8. The number of carboxylic acid groups (broad SMARTS) is 1. The van der Waals surface area contributed by atoms with Gasteiger partial charge in [0, 0.05) is 31.5 Å². The zero-order chi connectivity index (χ0) is 30.1. The molecule has 39 heavy (non-hydrogen) atoms. The maximum Gasteiger partial charge on any atom is 0.437 e. The molecule has 3 N–H and O–H groups in total. The number of nitrogens with zero attached hydrogens (tertiary/aromatic N) is 3. The van der Waals surface area contributed by atoms with Gasteiger partial charge in [0.05, 0.1) is 6.04 Å². The van der Waals surface area contributed by atoms with Crippen molar-refractivity contribution in [2.75, 3.05) is 6.54 Å². The highest BCUT2D eigenvalue weighted by Crippen LogP contribution is 2.19. The van der Waals surface area contributed by atoms with Gasteiger partial charge in [-0.05, 0) is 60.8 Å². The summed E-state index contributed by atoms with van der Waals surface area (Å²) in [5.41, 5.74) is 3.58. The van der Waals surface area contributed by atoms with Gasteiger partial charge < -0.3 is 20.3 Å². The summed E-state index contributed by atoms with van der Waals surface area (Å²) in [4.78, 5) is 88.0. The summed E-state index contributed by atoms with van der Waals surface area (Å²) in [5.74, 6) is -4.32. The second-order valence-electron chi connectivity index (χ2n) is 10.8. The highest BCUT2D eigenvalue weighted by molar-refractivity contribution is 6.12. The van der Waals surface area contributed by atoms with Crippen LogP contribution in [0.1, 0.15) is 80.1 Å². The molecule has 1 aliphatic heterocycles. The standard InChI is InChI=1S/C25H38N4O10/c1-24(2,3)38-22(36)28(19(32)10-8-7-9-15-27-17(30)12-13-18(27)31)29(23(37)39-25(4,5)6)21(35)16(26)11-14-20(33)34/h12-13,16H,7-11,14-15,26H2,1-6H3,(H,33,34)/t16-/m0/s1. The fraction of sp³-hybridized carbons (Fsp3) is 0.640. The van der Waals surface area contributed by atoms with Crippen molar-refractivity contribution in [3.8, 4) is 0 Å². The van der Waals surface area contributed by atoms with Gasteiger partial charge in [-0.25, -0.2) is 9.59 Å². The average Bonchev–Trinajstić information content (AvgIpc) is 3.09. The molecule has 6 amide bonds. The van der Waals surface area contributed by atoms with Gasteiger partial charge in [-0.15, -0.1) is 10.0 Å². The van der Waals surface area contributed by atoms with E-state index in [0.717, 1.165) is 17.1 Å². The van der Waals surface area contributed by atoms with Crippen LogP contribution < -0.4 is 5.73 Å². The molecule has 1 atom stereocenters. The molecule has 1 rings (SSSR count). The summed E-state index contributed by atoms with van der Waals surface area (Å²) in [6, 6.07) is -1.56. The van der Waals surface area contributed by atoms with Gasteiger partial charge >= 0.3 is 18.2 Å². The lowest BCUT2D eigenvalue weighted by Gasteiger charge is -2.35. The van der Waals surface area contributed by atoms with Crippen molar-refractivity contribution in [1.29, 1.82) is 0 Å². The topological polar surface area (TPSA) is 194 Å². The minimum absolute atomic E-state index is 0.135. The fourth-order valence-electron chi connectivity index (χ4n) is 3.22. The molecule has 0 bridgehead atoms. The Balaban J connectivity index is 3.16. The summed E-state index contributed by atoms with van der Waals surface area (Å²) < 4.78 is 10.5. The van der Waals surface area contributed by atoms with Gasteiger partial charge in [0.2, 0.25) is 0 Å². The Bertz CT molecular complexity index is 991. The van der Waals surface area contributed by atoms with E-state index in [1.807, 2.05) is 0 Å². The van der Waals surface area contributed by atoms with Crippen LogP contribution in [0, 0.1) is 0 Å². The Morgan fingerprint density at radius 1 is 0.846 bits per heavy atom. The number of carbonyl (C=O) groups is 7. The summed E-state index contributed by atoms with van der Waals surface area (Å²) in [7, 11) is 0. The molecule has 0 aliphatic carbocycles. The summed E-state index contributed by atoms with van der Waals surface area (Å²) in [6.07, 6.45) is -0.703. The molecule has 0 fully saturated rings. The van der Waals surface area contributed by atoms with E-state index >= 15 is 0 Å². The highest BCUT2D eigenvalue weighted by atomic mass is 16.6. The van der Waals surface area contributed by atoms with Crippen LogP contribution >= 0.6 is 0 Å². The third-order valence-electron chi connectivity index (χ3n) is 4.94. The minimum atomic E-state index is -1.56. The monoisotopic (exact) mass is 554 g/mol. The second-order valence-corrected chi connectivity index (χ2v) is 10.8. The maximum atomic E-state index is 13.3. The Kier molecular flexibility index (Phi) is 11.8. The smallest absolute Gasteiger partial charge is 0.437 e. The van der Waals surface area contributed by atoms with Gasteiger partial charge in [-0.1, -0.05) is 6.42 Å². The predicted octanol–water partition coefficient (Wildman–Crippen LogP) is 2.11. The van der Waals surface area contributed by atoms with E-state index in [0.29, 0.717) is 12.8 Å². The molecule has 14 heteroatoms. The second kappa shape index (κ2) is 13.8. The first kappa shape index (κ1) is 33.2. The lowest BCUT2D eigenvalue weighted by Crippen LogP contribution is -2.60. The molecule has 0 saturated heterocycles. The Labute approximate surface area is 227 Å². The number of nitrogens with two attached hydrogens (primary N) is 1. The van der Waals surface area contributed by atoms with E-state index in [1.165, 1.54) is 41.5 Å². The number of unbranched alkanes of at least 4 members (excludes halogenated alkanes) is 2. The van der Waals surface area contributed by atoms with Crippen LogP contribution in [0.5, 0.6) is 0 Å². The number of hydrazine groups is 1. The van der Waals surface area contributed by atoms with Gasteiger partial charge in [0.15, 0.2) is 0 Å². The summed E-state index contributed by atoms with van der Waals surface area (Å²) in [6.45, 7) is 9.19. The van der Waals surface area contributed by atoms with Crippen LogP contribution in [0.3, 0.4) is 0 Å². The molecule has 0 spiro atoms. The van der Waals surface area contributed by atoms with Crippen LogP contribution in [0.2, 0.25) is 0 Å². The number of carboxylic acids is 1. The van der Waals surface area contributed by atoms with E-state index in [1.54, 1.807) is 0 Å². The van der Waals surface area contributed by atoms with E-state index in [2.05, 4.69) is 0 Å². The zero-order valence-electron chi connectivity index (χ0n) is 23.2. The lowest BCUT2D eigenvalue weighted by atomic mass is 10.1. The molecular weight excluding hydrogens is 516 g/mol. The third-order valence-corrected chi connectivity index (χ3v) is 4.94. The van der Waals surface area contributed by atoms with Crippen molar-refractivity contribution in [3.63, 3.8) is 0 Å². The SMILES string of the molecule is CC(C)(C)OC(=O)N(C(=O)CCCCCN1C(=O)C=CC1=O)N(C(=O)OC(C)(C)C)C(=O)[C@@H](N)CCC(=O)O. The molecule has 0 aromatic carbocycles. The van der Waals surface area contributed by atoms with Crippen LogP contribution in [0.25, 0.3) is 0 Å². The first-order valence-electron chi connectivity index (χ1n) is 12.5. The lowest BCUT2D eigenvalue weighted by molar-refractivity contribution is -0.160. The molecule has 0 saturated carbocycles. The average molecular weight is 555 g/mol. The number of hydrogen-bond acceptors (Lipinski definition) is 10. The molecule has 0 radical (unpaired) electrons. The molecular formula is C25H38N4O10.